The van der Waals surface area contributed by atoms with E-state index < -0.39 is 23.5 Å². The monoisotopic (exact) mass is 440 g/mol. The Labute approximate surface area is 187 Å². The van der Waals surface area contributed by atoms with Gasteiger partial charge in [-0.1, -0.05) is 24.0 Å². The summed E-state index contributed by atoms with van der Waals surface area (Å²) in [5.74, 6) is -0.489. The van der Waals surface area contributed by atoms with E-state index in [4.69, 9.17) is 14.2 Å². The molecule has 3 rings (SSSR count). The fourth-order valence-corrected chi connectivity index (χ4v) is 3.71. The van der Waals surface area contributed by atoms with Gasteiger partial charge < -0.3 is 29.1 Å². The van der Waals surface area contributed by atoms with Gasteiger partial charge in [-0.05, 0) is 35.4 Å². The molecule has 170 valence electrons. The minimum atomic E-state index is -0.778. The number of benzene rings is 2. The number of quaternary nitrogens is 1. The van der Waals surface area contributed by atoms with E-state index in [9.17, 15) is 14.7 Å². The van der Waals surface area contributed by atoms with E-state index in [1.54, 1.807) is 43.5 Å². The summed E-state index contributed by atoms with van der Waals surface area (Å²) in [4.78, 5) is 28.5. The lowest BCUT2D eigenvalue weighted by Crippen LogP contribution is -3.06. The molecule has 0 saturated carbocycles. The summed E-state index contributed by atoms with van der Waals surface area (Å²) in [5, 5.41) is 13.5. The van der Waals surface area contributed by atoms with Gasteiger partial charge in [-0.2, -0.15) is 0 Å². The summed E-state index contributed by atoms with van der Waals surface area (Å²) >= 11 is 0. The number of hydrogen-bond donors (Lipinski definition) is 1. The summed E-state index contributed by atoms with van der Waals surface area (Å²) in [6, 6.07) is 10.9. The van der Waals surface area contributed by atoms with E-state index in [-0.39, 0.29) is 11.1 Å². The number of likely N-dealkylation sites (N-methyl/N-ethyl adjacent to an activating group) is 1. The molecule has 0 spiro atoms. The maximum atomic E-state index is 13.5. The van der Waals surface area contributed by atoms with Crippen LogP contribution in [0.3, 0.4) is 0 Å². The number of rotatable bonds is 8. The van der Waals surface area contributed by atoms with Crippen molar-refractivity contribution in [3.63, 3.8) is 0 Å². The number of Topliss-reactive ketones (excluding diaryl/α,β-unsaturated/α-hetero) is 1. The minimum absolute atomic E-state index is 0.0684. The van der Waals surface area contributed by atoms with Gasteiger partial charge >= 0.3 is 0 Å². The number of nitrogens with zero attached hydrogens (tertiary/aromatic N) is 1. The number of likely N-dealkylation sites (tertiary alicyclic amines) is 1. The van der Waals surface area contributed by atoms with Gasteiger partial charge in [0.15, 0.2) is 11.5 Å². The predicted octanol–water partition coefficient (Wildman–Crippen LogP) is 0.0809. The highest BCUT2D eigenvalue weighted by Gasteiger charge is 2.44. The van der Waals surface area contributed by atoms with E-state index in [2.05, 4.69) is 0 Å². The van der Waals surface area contributed by atoms with E-state index in [0.717, 1.165) is 4.90 Å². The molecule has 2 aromatic carbocycles. The van der Waals surface area contributed by atoms with E-state index in [1.807, 2.05) is 14.1 Å². The largest absolute Gasteiger partial charge is 0.872 e. The molecule has 0 radical (unpaired) electrons. The summed E-state index contributed by atoms with van der Waals surface area (Å²) in [7, 11) is 8.45. The summed E-state index contributed by atoms with van der Waals surface area (Å²) < 4.78 is 15.7. The van der Waals surface area contributed by atoms with Crippen LogP contribution >= 0.6 is 0 Å². The van der Waals surface area contributed by atoms with Gasteiger partial charge in [0.25, 0.3) is 5.91 Å². The highest BCUT2D eigenvalue weighted by molar-refractivity contribution is 6.46. The third-order valence-corrected chi connectivity index (χ3v) is 5.46. The Kier molecular flexibility index (Phi) is 7.05. The third kappa shape index (κ3) is 4.40. The molecule has 2 aromatic rings. The first-order valence-corrected chi connectivity index (χ1v) is 10.2. The molecule has 0 bridgehead atoms. The van der Waals surface area contributed by atoms with Crippen molar-refractivity contribution >= 4 is 17.4 Å². The van der Waals surface area contributed by atoms with Crippen LogP contribution in [0.2, 0.25) is 0 Å². The zero-order chi connectivity index (χ0) is 23.4. The number of amides is 1. The first-order valence-electron chi connectivity index (χ1n) is 10.2. The highest BCUT2D eigenvalue weighted by atomic mass is 16.5. The van der Waals surface area contributed by atoms with Gasteiger partial charge in [-0.15, -0.1) is 0 Å². The van der Waals surface area contributed by atoms with Crippen LogP contribution in [0, 0.1) is 0 Å². The lowest BCUT2D eigenvalue weighted by atomic mass is 9.95. The fourth-order valence-electron chi connectivity index (χ4n) is 3.71. The summed E-state index contributed by atoms with van der Waals surface area (Å²) in [6.07, 6.45) is 0. The zero-order valence-electron chi connectivity index (χ0n) is 18.9. The van der Waals surface area contributed by atoms with Crippen molar-refractivity contribution in [1.29, 1.82) is 0 Å². The standard InChI is InChI=1S/C24H28N2O6/c1-25(2)12-13-26-21(15-6-9-17(30-3)10-7-15)20(23(28)24(26)29)22(27)16-8-11-18(31-4)19(14-16)32-5/h6-11,14,21,27H,12-13H2,1-5H3. The quantitative estimate of drug-likeness (QED) is 0.355. The number of carbonyl (C=O) groups excluding carboxylic acids is 2. The first-order chi connectivity index (χ1) is 15.3. The molecule has 8 nitrogen and oxygen atoms in total. The topological polar surface area (TPSA) is 92.6 Å². The molecule has 0 aromatic heterocycles. The lowest BCUT2D eigenvalue weighted by molar-refractivity contribution is -0.857. The molecular weight excluding hydrogens is 412 g/mol. The summed E-state index contributed by atoms with van der Waals surface area (Å²) in [5.41, 5.74) is 0.848. The van der Waals surface area contributed by atoms with Gasteiger partial charge in [0.2, 0.25) is 5.78 Å². The molecule has 1 aliphatic rings. The zero-order valence-corrected chi connectivity index (χ0v) is 18.9. The molecule has 1 fully saturated rings. The molecule has 1 N–H and O–H groups in total. The van der Waals surface area contributed by atoms with Crippen molar-refractivity contribution in [2.75, 3.05) is 48.5 Å². The van der Waals surface area contributed by atoms with Crippen LogP contribution in [0.4, 0.5) is 0 Å². The molecule has 8 heteroatoms. The molecule has 1 unspecified atom stereocenters. The fraction of sp³-hybridized carbons (Fsp3) is 0.333. The Balaban J connectivity index is 2.15. The van der Waals surface area contributed by atoms with Crippen molar-refractivity contribution in [1.82, 2.24) is 4.90 Å². The molecular formula is C24H28N2O6. The second-order valence-electron chi connectivity index (χ2n) is 7.77. The Morgan fingerprint density at radius 2 is 1.62 bits per heavy atom. The van der Waals surface area contributed by atoms with Crippen LogP contribution in [0.25, 0.3) is 5.76 Å². The Morgan fingerprint density at radius 1 is 0.969 bits per heavy atom. The highest BCUT2D eigenvalue weighted by Crippen LogP contribution is 2.40. The predicted molar refractivity (Wildman–Crippen MR) is 117 cm³/mol. The van der Waals surface area contributed by atoms with E-state index in [0.29, 0.717) is 35.9 Å². The third-order valence-electron chi connectivity index (χ3n) is 5.46. The van der Waals surface area contributed by atoms with Gasteiger partial charge in [0.05, 0.1) is 54.6 Å². The van der Waals surface area contributed by atoms with Crippen LogP contribution in [0.15, 0.2) is 48.0 Å². The van der Waals surface area contributed by atoms with Crippen molar-refractivity contribution < 1.29 is 33.8 Å². The summed E-state index contributed by atoms with van der Waals surface area (Å²) in [6.45, 7) is 0.968. The molecule has 1 aliphatic heterocycles. The average Bonchev–Trinajstić information content (AvgIpc) is 3.06. The number of hydrogen-bond acceptors (Lipinski definition) is 6. The van der Waals surface area contributed by atoms with Crippen molar-refractivity contribution in [2.45, 2.75) is 6.04 Å². The maximum Gasteiger partial charge on any atom is 0.295 e. The second kappa shape index (κ2) is 9.74. The van der Waals surface area contributed by atoms with Crippen LogP contribution in [-0.4, -0.2) is 65.1 Å². The van der Waals surface area contributed by atoms with Crippen molar-refractivity contribution in [3.8, 4) is 17.2 Å². The van der Waals surface area contributed by atoms with Crippen LogP contribution in [0.5, 0.6) is 17.2 Å². The molecule has 1 amide bonds. The van der Waals surface area contributed by atoms with Crippen LogP contribution < -0.4 is 24.2 Å². The number of ketones is 1. The lowest BCUT2D eigenvalue weighted by Gasteiger charge is -2.28. The Bertz CT molecular complexity index is 1030. The molecule has 1 saturated heterocycles. The molecule has 32 heavy (non-hydrogen) atoms. The van der Waals surface area contributed by atoms with Gasteiger partial charge in [-0.3, -0.25) is 9.59 Å². The van der Waals surface area contributed by atoms with E-state index in [1.165, 1.54) is 25.2 Å². The van der Waals surface area contributed by atoms with Gasteiger partial charge in [0, 0.05) is 5.57 Å². The number of carbonyl (C=O) groups is 2. The second-order valence-corrected chi connectivity index (χ2v) is 7.77. The Hall–Kier alpha value is -3.52. The smallest absolute Gasteiger partial charge is 0.295 e. The normalized spacial score (nSPS) is 17.7. The maximum absolute atomic E-state index is 13.5. The van der Waals surface area contributed by atoms with Crippen LogP contribution in [-0.2, 0) is 9.59 Å². The molecule has 1 heterocycles. The van der Waals surface area contributed by atoms with Gasteiger partial charge in [-0.25, -0.2) is 0 Å². The van der Waals surface area contributed by atoms with Crippen molar-refractivity contribution in [3.05, 3.63) is 59.2 Å². The number of ether oxygens (including phenoxy) is 3. The Morgan fingerprint density at radius 3 is 2.19 bits per heavy atom. The van der Waals surface area contributed by atoms with Crippen LogP contribution in [0.1, 0.15) is 17.2 Å². The van der Waals surface area contributed by atoms with Gasteiger partial charge in [0.1, 0.15) is 5.75 Å². The van der Waals surface area contributed by atoms with Crippen molar-refractivity contribution in [2.24, 2.45) is 0 Å². The average molecular weight is 440 g/mol. The number of nitrogens with one attached hydrogen (secondary N) is 1. The molecule has 0 aliphatic carbocycles. The number of methoxy groups -OCH3 is 3. The SMILES string of the molecule is COc1ccc(C2C(=C([O-])c3ccc(OC)c(OC)c3)C(=O)C(=O)N2CC[NH+](C)C)cc1. The minimum Gasteiger partial charge on any atom is -0.872 e. The molecule has 1 atom stereocenters. The first kappa shape index (κ1) is 23.1. The van der Waals surface area contributed by atoms with E-state index >= 15 is 0 Å².